The van der Waals surface area contributed by atoms with Gasteiger partial charge in [0.05, 0.1) is 12.1 Å². The van der Waals surface area contributed by atoms with Crippen LogP contribution < -0.4 is 9.47 Å². The molecule has 3 aromatic rings. The predicted molar refractivity (Wildman–Crippen MR) is 116 cm³/mol. The van der Waals surface area contributed by atoms with Crippen LogP contribution in [0, 0.1) is 12.7 Å². The van der Waals surface area contributed by atoms with E-state index in [-0.39, 0.29) is 24.7 Å². The van der Waals surface area contributed by atoms with Gasteiger partial charge in [-0.15, -0.1) is 0 Å². The summed E-state index contributed by atoms with van der Waals surface area (Å²) in [6.07, 6.45) is 0.0712. The molecule has 5 nitrogen and oxygen atoms in total. The number of ether oxygens (including phenoxy) is 2. The molecule has 4 rings (SSSR count). The zero-order valence-corrected chi connectivity index (χ0v) is 17.8. The first kappa shape index (κ1) is 20.8. The van der Waals surface area contributed by atoms with Crippen LogP contribution in [0.5, 0.6) is 11.6 Å². The lowest BCUT2D eigenvalue weighted by atomic mass is 10.1. The molecule has 1 aromatic heterocycles. The Kier molecular flexibility index (Phi) is 5.89. The fraction of sp³-hybridized carbons (Fsp3) is 0.280. The lowest BCUT2D eigenvalue weighted by Crippen LogP contribution is -2.33. The number of fused-ring (bicyclic) bond motifs is 1. The van der Waals surface area contributed by atoms with Crippen molar-refractivity contribution in [1.82, 2.24) is 9.88 Å². The Morgan fingerprint density at radius 3 is 2.58 bits per heavy atom. The average molecular weight is 420 g/mol. The van der Waals surface area contributed by atoms with Crippen LogP contribution in [0.2, 0.25) is 0 Å². The third kappa shape index (κ3) is 4.68. The van der Waals surface area contributed by atoms with Crippen LogP contribution in [0.4, 0.5) is 4.39 Å². The zero-order chi connectivity index (χ0) is 22.0. The Hall–Kier alpha value is -3.41. The molecule has 1 amide bonds. The number of rotatable bonds is 7. The highest BCUT2D eigenvalue weighted by molar-refractivity contribution is 5.98. The van der Waals surface area contributed by atoms with Crippen molar-refractivity contribution in [3.8, 4) is 11.6 Å². The van der Waals surface area contributed by atoms with E-state index in [4.69, 9.17) is 9.47 Å². The van der Waals surface area contributed by atoms with Gasteiger partial charge in [0.15, 0.2) is 0 Å². The number of pyridine rings is 1. The molecular formula is C25H25FN2O3. The number of benzene rings is 2. The van der Waals surface area contributed by atoms with E-state index in [1.54, 1.807) is 17.0 Å². The first-order valence-electron chi connectivity index (χ1n) is 10.3. The number of carbonyl (C=O) groups excluding carboxylic acids is 1. The Bertz CT molecular complexity index is 1080. The maximum Gasteiger partial charge on any atom is 0.255 e. The first-order chi connectivity index (χ1) is 14.9. The molecule has 31 heavy (non-hydrogen) atoms. The van der Waals surface area contributed by atoms with Gasteiger partial charge < -0.3 is 14.4 Å². The highest BCUT2D eigenvalue weighted by atomic mass is 19.1. The summed E-state index contributed by atoms with van der Waals surface area (Å²) < 4.78 is 25.4. The van der Waals surface area contributed by atoms with Crippen LogP contribution in [-0.2, 0) is 6.54 Å². The van der Waals surface area contributed by atoms with Crippen molar-refractivity contribution in [2.75, 3.05) is 6.61 Å². The molecule has 0 aliphatic carbocycles. The number of hydrogen-bond acceptors (Lipinski definition) is 4. The molecule has 0 bridgehead atoms. The van der Waals surface area contributed by atoms with Crippen LogP contribution in [0.15, 0.2) is 60.7 Å². The predicted octanol–water partition coefficient (Wildman–Crippen LogP) is 5.09. The summed E-state index contributed by atoms with van der Waals surface area (Å²) in [4.78, 5) is 19.2. The highest BCUT2D eigenvalue weighted by Crippen LogP contribution is 2.33. The largest absolute Gasteiger partial charge is 0.491 e. The molecule has 2 heterocycles. The van der Waals surface area contributed by atoms with Gasteiger partial charge in [0, 0.05) is 23.9 Å². The van der Waals surface area contributed by atoms with Crippen molar-refractivity contribution < 1.29 is 18.7 Å². The summed E-state index contributed by atoms with van der Waals surface area (Å²) in [6.45, 7) is 6.46. The molecule has 0 saturated carbocycles. The van der Waals surface area contributed by atoms with E-state index in [0.29, 0.717) is 18.0 Å². The molecule has 160 valence electrons. The highest BCUT2D eigenvalue weighted by Gasteiger charge is 2.34. The molecule has 0 radical (unpaired) electrons. The Balaban J connectivity index is 1.62. The van der Waals surface area contributed by atoms with E-state index in [0.717, 1.165) is 22.6 Å². The Morgan fingerprint density at radius 2 is 1.87 bits per heavy atom. The maximum absolute atomic E-state index is 13.7. The number of halogens is 1. The summed E-state index contributed by atoms with van der Waals surface area (Å²) >= 11 is 0. The lowest BCUT2D eigenvalue weighted by molar-refractivity contribution is 0.0631. The van der Waals surface area contributed by atoms with Crippen molar-refractivity contribution in [3.63, 3.8) is 0 Å². The molecule has 0 fully saturated rings. The minimum Gasteiger partial charge on any atom is -0.491 e. The second kappa shape index (κ2) is 8.76. The van der Waals surface area contributed by atoms with Gasteiger partial charge in [-0.1, -0.05) is 24.3 Å². The number of carbonyl (C=O) groups is 1. The van der Waals surface area contributed by atoms with Crippen molar-refractivity contribution in [1.29, 1.82) is 0 Å². The molecule has 1 unspecified atom stereocenters. The monoisotopic (exact) mass is 420 g/mol. The van der Waals surface area contributed by atoms with E-state index in [1.165, 1.54) is 12.1 Å². The second-order valence-electron chi connectivity index (χ2n) is 7.91. The van der Waals surface area contributed by atoms with Gasteiger partial charge in [0.25, 0.3) is 5.91 Å². The second-order valence-corrected chi connectivity index (χ2v) is 7.91. The summed E-state index contributed by atoms with van der Waals surface area (Å²) in [5.74, 6) is 0.639. The van der Waals surface area contributed by atoms with Gasteiger partial charge >= 0.3 is 0 Å². The minimum absolute atomic E-state index is 0.0712. The van der Waals surface area contributed by atoms with E-state index in [1.807, 2.05) is 57.2 Å². The summed E-state index contributed by atoms with van der Waals surface area (Å²) in [7, 11) is 0. The molecule has 1 aliphatic heterocycles. The Labute approximate surface area is 181 Å². The standard InChI is InChI=1S/C25H25FN2O3/c1-16(2)31-21-11-8-18(9-12-21)23(15-30-24-6-4-5-17(3)27-24)28-14-19-7-10-20(26)13-22(19)25(28)29/h4-13,16,23H,14-15H2,1-3H3. The summed E-state index contributed by atoms with van der Waals surface area (Å²) in [5.41, 5.74) is 2.97. The number of hydrogen-bond donors (Lipinski definition) is 0. The molecule has 0 N–H and O–H groups in total. The van der Waals surface area contributed by atoms with E-state index < -0.39 is 5.82 Å². The van der Waals surface area contributed by atoms with Crippen molar-refractivity contribution in [3.05, 3.63) is 88.9 Å². The van der Waals surface area contributed by atoms with Crippen LogP contribution in [0.3, 0.4) is 0 Å². The fourth-order valence-corrected chi connectivity index (χ4v) is 3.72. The third-order valence-electron chi connectivity index (χ3n) is 5.17. The molecule has 1 atom stereocenters. The average Bonchev–Trinajstić information content (AvgIpc) is 3.05. The van der Waals surface area contributed by atoms with Crippen molar-refractivity contribution in [2.24, 2.45) is 0 Å². The van der Waals surface area contributed by atoms with Gasteiger partial charge in [-0.05, 0) is 62.2 Å². The van der Waals surface area contributed by atoms with Gasteiger partial charge in [0.1, 0.15) is 18.2 Å². The zero-order valence-electron chi connectivity index (χ0n) is 17.8. The third-order valence-corrected chi connectivity index (χ3v) is 5.17. The maximum atomic E-state index is 13.7. The lowest BCUT2D eigenvalue weighted by Gasteiger charge is -2.28. The van der Waals surface area contributed by atoms with Crippen LogP contribution >= 0.6 is 0 Å². The van der Waals surface area contributed by atoms with Crippen LogP contribution in [-0.4, -0.2) is 28.5 Å². The quantitative estimate of drug-likeness (QED) is 0.534. The van der Waals surface area contributed by atoms with Crippen LogP contribution in [0.25, 0.3) is 0 Å². The van der Waals surface area contributed by atoms with Crippen molar-refractivity contribution in [2.45, 2.75) is 39.5 Å². The normalized spacial score (nSPS) is 14.0. The van der Waals surface area contributed by atoms with E-state index in [2.05, 4.69) is 4.98 Å². The SMILES string of the molecule is Cc1cccc(OCC(c2ccc(OC(C)C)cc2)N2Cc3ccc(F)cc3C2=O)n1. The molecule has 6 heteroatoms. The topological polar surface area (TPSA) is 51.7 Å². The Morgan fingerprint density at radius 1 is 1.10 bits per heavy atom. The van der Waals surface area contributed by atoms with E-state index >= 15 is 0 Å². The number of nitrogens with zero attached hydrogens (tertiary/aromatic N) is 2. The van der Waals surface area contributed by atoms with Crippen molar-refractivity contribution >= 4 is 5.91 Å². The van der Waals surface area contributed by atoms with Gasteiger partial charge in [-0.3, -0.25) is 4.79 Å². The van der Waals surface area contributed by atoms with Crippen LogP contribution in [0.1, 0.15) is 47.1 Å². The smallest absolute Gasteiger partial charge is 0.255 e. The summed E-state index contributed by atoms with van der Waals surface area (Å²) in [5, 5.41) is 0. The van der Waals surface area contributed by atoms with Gasteiger partial charge in [0.2, 0.25) is 5.88 Å². The first-order valence-corrected chi connectivity index (χ1v) is 10.3. The van der Waals surface area contributed by atoms with E-state index in [9.17, 15) is 9.18 Å². The summed E-state index contributed by atoms with van der Waals surface area (Å²) in [6, 6.07) is 17.2. The molecule has 0 spiro atoms. The number of aromatic nitrogens is 1. The number of amides is 1. The minimum atomic E-state index is -0.416. The number of aryl methyl sites for hydroxylation is 1. The molecule has 1 aliphatic rings. The van der Waals surface area contributed by atoms with Gasteiger partial charge in [-0.25, -0.2) is 9.37 Å². The molecule has 2 aromatic carbocycles. The molecule has 0 saturated heterocycles. The molecular weight excluding hydrogens is 395 g/mol. The fourth-order valence-electron chi connectivity index (χ4n) is 3.72. The van der Waals surface area contributed by atoms with Gasteiger partial charge in [-0.2, -0.15) is 0 Å².